The minimum Gasteiger partial charge on any atom is -0.365 e. The van der Waals surface area contributed by atoms with Crippen molar-refractivity contribution >= 4 is 37.2 Å². The van der Waals surface area contributed by atoms with Gasteiger partial charge in [0, 0.05) is 23.7 Å². The van der Waals surface area contributed by atoms with Crippen LogP contribution in [0.5, 0.6) is 0 Å². The largest absolute Gasteiger partial charge is 0.365 e. The zero-order chi connectivity index (χ0) is 18.9. The molecule has 0 bridgehead atoms. The number of benzene rings is 2. The molecule has 136 valence electrons. The first kappa shape index (κ1) is 17.6. The molecular formula is C20H17N3O2S2. The third kappa shape index (κ3) is 3.70. The number of nitrogens with one attached hydrogen (secondary N) is 1. The van der Waals surface area contributed by atoms with E-state index >= 15 is 0 Å². The van der Waals surface area contributed by atoms with Gasteiger partial charge in [-0.3, -0.25) is 0 Å². The second-order valence-corrected chi connectivity index (χ2v) is 9.06. The molecule has 0 aliphatic heterocycles. The highest BCUT2D eigenvalue weighted by Gasteiger charge is 2.13. The van der Waals surface area contributed by atoms with Crippen LogP contribution in [0.3, 0.4) is 0 Å². The molecule has 4 rings (SSSR count). The van der Waals surface area contributed by atoms with Crippen LogP contribution in [0, 0.1) is 0 Å². The Bertz CT molecular complexity index is 1190. The van der Waals surface area contributed by atoms with E-state index in [0.717, 1.165) is 32.7 Å². The number of hydrogen-bond acceptors (Lipinski definition) is 6. The van der Waals surface area contributed by atoms with E-state index in [-0.39, 0.29) is 0 Å². The summed E-state index contributed by atoms with van der Waals surface area (Å²) in [7, 11) is -3.18. The van der Waals surface area contributed by atoms with E-state index in [4.69, 9.17) is 0 Å². The summed E-state index contributed by atoms with van der Waals surface area (Å²) < 4.78 is 23.2. The van der Waals surface area contributed by atoms with Crippen LogP contribution in [-0.4, -0.2) is 24.6 Å². The zero-order valence-electron chi connectivity index (χ0n) is 14.6. The van der Waals surface area contributed by atoms with Gasteiger partial charge < -0.3 is 5.32 Å². The molecule has 0 spiro atoms. The van der Waals surface area contributed by atoms with Gasteiger partial charge in [-0.25, -0.2) is 18.4 Å². The first-order valence-electron chi connectivity index (χ1n) is 8.33. The topological polar surface area (TPSA) is 72.0 Å². The first-order valence-corrected chi connectivity index (χ1v) is 11.1. The van der Waals surface area contributed by atoms with E-state index in [1.165, 1.54) is 6.26 Å². The highest BCUT2D eigenvalue weighted by atomic mass is 32.2. The fourth-order valence-corrected chi connectivity index (χ4v) is 4.43. The van der Waals surface area contributed by atoms with Crippen molar-refractivity contribution in [2.24, 2.45) is 0 Å². The van der Waals surface area contributed by atoms with Crippen molar-refractivity contribution < 1.29 is 8.42 Å². The number of sulfone groups is 1. The number of nitrogens with zero attached hydrogens (tertiary/aromatic N) is 2. The maximum atomic E-state index is 11.6. The molecule has 0 unspecified atom stereocenters. The summed E-state index contributed by atoms with van der Waals surface area (Å²) in [5, 5.41) is 6.46. The van der Waals surface area contributed by atoms with Gasteiger partial charge in [0.05, 0.1) is 10.3 Å². The Hall–Kier alpha value is -2.77. The van der Waals surface area contributed by atoms with E-state index in [1.54, 1.807) is 29.8 Å². The molecule has 0 atom stereocenters. The molecule has 0 saturated carbocycles. The molecule has 27 heavy (non-hydrogen) atoms. The minimum atomic E-state index is -3.18. The molecule has 1 N–H and O–H groups in total. The van der Waals surface area contributed by atoms with Crippen molar-refractivity contribution in [1.82, 2.24) is 9.97 Å². The normalized spacial score (nSPS) is 11.6. The lowest BCUT2D eigenvalue weighted by Crippen LogP contribution is -2.03. The summed E-state index contributed by atoms with van der Waals surface area (Å²) in [4.78, 5) is 10.1. The SMILES string of the molecule is CS(=O)(=O)c1ccc(CNc2ncnc3scc(-c4ccccc4)c23)cc1. The third-order valence-corrected chi connectivity index (χ3v) is 6.28. The number of thiophene rings is 1. The van der Waals surface area contributed by atoms with Crippen LogP contribution >= 0.6 is 11.3 Å². The molecular weight excluding hydrogens is 378 g/mol. The van der Waals surface area contributed by atoms with Crippen LogP contribution in [0.2, 0.25) is 0 Å². The van der Waals surface area contributed by atoms with E-state index in [9.17, 15) is 8.42 Å². The molecule has 0 fully saturated rings. The average molecular weight is 396 g/mol. The second-order valence-electron chi connectivity index (χ2n) is 6.19. The van der Waals surface area contributed by atoms with Crippen LogP contribution in [0.15, 0.2) is 71.2 Å². The predicted octanol–water partition coefficient (Wildman–Crippen LogP) is 4.37. The van der Waals surface area contributed by atoms with Crippen LogP contribution in [0.4, 0.5) is 5.82 Å². The van der Waals surface area contributed by atoms with Crippen molar-refractivity contribution in [3.63, 3.8) is 0 Å². The Morgan fingerprint density at radius 2 is 1.74 bits per heavy atom. The summed E-state index contributed by atoms with van der Waals surface area (Å²) in [6.07, 6.45) is 2.77. The monoisotopic (exact) mass is 395 g/mol. The lowest BCUT2D eigenvalue weighted by Gasteiger charge is -2.09. The van der Waals surface area contributed by atoms with Crippen molar-refractivity contribution in [1.29, 1.82) is 0 Å². The van der Waals surface area contributed by atoms with Gasteiger partial charge in [-0.2, -0.15) is 0 Å². The van der Waals surface area contributed by atoms with Gasteiger partial charge in [0.1, 0.15) is 17.0 Å². The Morgan fingerprint density at radius 1 is 1.00 bits per heavy atom. The summed E-state index contributed by atoms with van der Waals surface area (Å²) in [5.74, 6) is 0.771. The molecule has 2 aromatic heterocycles. The van der Waals surface area contributed by atoms with Crippen LogP contribution in [-0.2, 0) is 16.4 Å². The molecule has 0 aliphatic carbocycles. The van der Waals surface area contributed by atoms with Gasteiger partial charge >= 0.3 is 0 Å². The van der Waals surface area contributed by atoms with E-state index in [0.29, 0.717) is 11.4 Å². The van der Waals surface area contributed by atoms with E-state index < -0.39 is 9.84 Å². The molecule has 0 aliphatic rings. The molecule has 2 heterocycles. The molecule has 5 nitrogen and oxygen atoms in total. The van der Waals surface area contributed by atoms with Gasteiger partial charge in [0.2, 0.25) is 0 Å². The Morgan fingerprint density at radius 3 is 2.44 bits per heavy atom. The van der Waals surface area contributed by atoms with Crippen LogP contribution in [0.1, 0.15) is 5.56 Å². The molecule has 7 heteroatoms. The Kier molecular flexibility index (Phi) is 4.63. The van der Waals surface area contributed by atoms with Gasteiger partial charge in [-0.1, -0.05) is 42.5 Å². The van der Waals surface area contributed by atoms with E-state index in [1.807, 2.05) is 30.3 Å². The Labute approximate surface area is 161 Å². The van der Waals surface area contributed by atoms with Crippen LogP contribution in [0.25, 0.3) is 21.3 Å². The number of rotatable bonds is 5. The van der Waals surface area contributed by atoms with Gasteiger partial charge in [-0.15, -0.1) is 11.3 Å². The molecule has 0 radical (unpaired) electrons. The first-order chi connectivity index (χ1) is 13.0. The summed E-state index contributed by atoms with van der Waals surface area (Å²) in [5.41, 5.74) is 3.20. The fraction of sp³-hybridized carbons (Fsp3) is 0.100. The number of hydrogen-bond donors (Lipinski definition) is 1. The van der Waals surface area contributed by atoms with Crippen molar-refractivity contribution in [2.75, 3.05) is 11.6 Å². The quantitative estimate of drug-likeness (QED) is 0.543. The number of fused-ring (bicyclic) bond motifs is 1. The maximum absolute atomic E-state index is 11.6. The average Bonchev–Trinajstić information content (AvgIpc) is 3.11. The standard InChI is InChI=1S/C20H17N3O2S2/c1-27(24,25)16-9-7-14(8-10-16)11-21-19-18-17(15-5-3-2-4-6-15)12-26-20(18)23-13-22-19/h2-10,12-13H,11H2,1H3,(H,21,22,23). The lowest BCUT2D eigenvalue weighted by molar-refractivity contribution is 0.602. The summed E-state index contributed by atoms with van der Waals surface area (Å²) in [6, 6.07) is 17.0. The molecule has 2 aromatic carbocycles. The van der Waals surface area contributed by atoms with Crippen molar-refractivity contribution in [3.8, 4) is 11.1 Å². The fourth-order valence-electron chi connectivity index (χ4n) is 2.88. The second kappa shape index (κ2) is 7.09. The van der Waals surface area contributed by atoms with Crippen molar-refractivity contribution in [3.05, 3.63) is 71.9 Å². The molecule has 0 amide bonds. The number of anilines is 1. The van der Waals surface area contributed by atoms with Gasteiger partial charge in [0.25, 0.3) is 0 Å². The van der Waals surface area contributed by atoms with E-state index in [2.05, 4.69) is 32.8 Å². The predicted molar refractivity (Wildman–Crippen MR) is 110 cm³/mol. The van der Waals surface area contributed by atoms with Gasteiger partial charge in [0.15, 0.2) is 9.84 Å². The highest BCUT2D eigenvalue weighted by Crippen LogP contribution is 2.36. The number of aromatic nitrogens is 2. The Balaban J connectivity index is 1.64. The smallest absolute Gasteiger partial charge is 0.175 e. The summed E-state index contributed by atoms with van der Waals surface area (Å²) >= 11 is 1.59. The molecule has 4 aromatic rings. The van der Waals surface area contributed by atoms with Gasteiger partial charge in [-0.05, 0) is 23.3 Å². The van der Waals surface area contributed by atoms with Crippen LogP contribution < -0.4 is 5.32 Å². The summed E-state index contributed by atoms with van der Waals surface area (Å²) in [6.45, 7) is 0.542. The zero-order valence-corrected chi connectivity index (χ0v) is 16.2. The highest BCUT2D eigenvalue weighted by molar-refractivity contribution is 7.90. The lowest BCUT2D eigenvalue weighted by atomic mass is 10.1. The minimum absolute atomic E-state index is 0.319. The third-order valence-electron chi connectivity index (χ3n) is 4.27. The maximum Gasteiger partial charge on any atom is 0.175 e. The van der Waals surface area contributed by atoms with Crippen molar-refractivity contribution in [2.45, 2.75) is 11.4 Å². The molecule has 0 saturated heterocycles.